The standard InChI is InChI=1S/C14H13N3O6S/c1-23-12-7-5-10(6-8-12)14(18)15-16-24(21,22)13-4-2-3-11(9-13)17(19)20/h2-9,16H,1H3,(H,15,18). The van der Waals surface area contributed by atoms with Crippen LogP contribution in [0.1, 0.15) is 10.4 Å². The number of rotatable bonds is 6. The van der Waals surface area contributed by atoms with Gasteiger partial charge in [-0.2, -0.15) is 0 Å². The summed E-state index contributed by atoms with van der Waals surface area (Å²) in [6.45, 7) is 0. The molecule has 0 spiro atoms. The van der Waals surface area contributed by atoms with Crippen LogP contribution < -0.4 is 15.0 Å². The summed E-state index contributed by atoms with van der Waals surface area (Å²) < 4.78 is 29.1. The Hall–Kier alpha value is -2.98. The molecule has 0 atom stereocenters. The molecular weight excluding hydrogens is 338 g/mol. The number of hydrogen-bond donors (Lipinski definition) is 2. The third-order valence-electron chi connectivity index (χ3n) is 2.99. The monoisotopic (exact) mass is 351 g/mol. The van der Waals surface area contributed by atoms with Gasteiger partial charge < -0.3 is 4.74 Å². The highest BCUT2D eigenvalue weighted by molar-refractivity contribution is 7.89. The van der Waals surface area contributed by atoms with Crippen molar-refractivity contribution in [3.8, 4) is 5.75 Å². The van der Waals surface area contributed by atoms with Gasteiger partial charge in [0.2, 0.25) is 0 Å². The van der Waals surface area contributed by atoms with Crippen LogP contribution in [-0.2, 0) is 10.0 Å². The number of nitro benzene ring substituents is 1. The Morgan fingerprint density at radius 2 is 1.83 bits per heavy atom. The second kappa shape index (κ2) is 7.06. The van der Waals surface area contributed by atoms with Crippen LogP contribution in [0.3, 0.4) is 0 Å². The van der Waals surface area contributed by atoms with Crippen molar-refractivity contribution in [2.24, 2.45) is 0 Å². The van der Waals surface area contributed by atoms with Gasteiger partial charge in [0.15, 0.2) is 0 Å². The molecule has 10 heteroatoms. The van der Waals surface area contributed by atoms with Crippen LogP contribution in [0.2, 0.25) is 0 Å². The number of amides is 1. The molecule has 0 unspecified atom stereocenters. The first-order chi connectivity index (χ1) is 11.3. The fraction of sp³-hybridized carbons (Fsp3) is 0.0714. The molecular formula is C14H13N3O6S. The fourth-order valence-electron chi connectivity index (χ4n) is 1.75. The Morgan fingerprint density at radius 1 is 1.17 bits per heavy atom. The molecule has 0 aliphatic heterocycles. The largest absolute Gasteiger partial charge is 0.497 e. The quantitative estimate of drug-likeness (QED) is 0.595. The maximum absolute atomic E-state index is 12.1. The Kier molecular flexibility index (Phi) is 5.11. The Balaban J connectivity index is 2.10. The topological polar surface area (TPSA) is 128 Å². The Labute approximate surface area is 137 Å². The molecule has 2 N–H and O–H groups in total. The first-order valence-corrected chi connectivity index (χ1v) is 8.02. The first kappa shape index (κ1) is 17.4. The van der Waals surface area contributed by atoms with Gasteiger partial charge in [-0.15, -0.1) is 4.83 Å². The van der Waals surface area contributed by atoms with Crippen molar-refractivity contribution in [1.29, 1.82) is 0 Å². The van der Waals surface area contributed by atoms with Crippen molar-refractivity contribution >= 4 is 21.6 Å². The third-order valence-corrected chi connectivity index (χ3v) is 4.24. The fourth-order valence-corrected chi connectivity index (χ4v) is 2.63. The van der Waals surface area contributed by atoms with Crippen LogP contribution in [0.5, 0.6) is 5.75 Å². The molecule has 0 saturated heterocycles. The summed E-state index contributed by atoms with van der Waals surface area (Å²) >= 11 is 0. The predicted octanol–water partition coefficient (Wildman–Crippen LogP) is 1.23. The number of hydrogen-bond acceptors (Lipinski definition) is 6. The van der Waals surface area contributed by atoms with Gasteiger partial charge in [-0.1, -0.05) is 6.07 Å². The maximum Gasteiger partial charge on any atom is 0.270 e. The van der Waals surface area contributed by atoms with Gasteiger partial charge in [-0.3, -0.25) is 20.3 Å². The van der Waals surface area contributed by atoms with Crippen LogP contribution in [0.15, 0.2) is 53.4 Å². The number of non-ortho nitro benzene ring substituents is 1. The van der Waals surface area contributed by atoms with Crippen molar-refractivity contribution in [3.05, 3.63) is 64.2 Å². The third kappa shape index (κ3) is 4.06. The zero-order chi connectivity index (χ0) is 17.7. The van der Waals surface area contributed by atoms with Crippen molar-refractivity contribution in [2.75, 3.05) is 7.11 Å². The molecule has 126 valence electrons. The van der Waals surface area contributed by atoms with E-state index in [0.717, 1.165) is 12.1 Å². The van der Waals surface area contributed by atoms with Crippen LogP contribution >= 0.6 is 0 Å². The highest BCUT2D eigenvalue weighted by Gasteiger charge is 2.18. The number of nitrogens with zero attached hydrogens (tertiary/aromatic N) is 1. The number of ether oxygens (including phenoxy) is 1. The normalized spacial score (nSPS) is 10.9. The number of hydrazine groups is 1. The average Bonchev–Trinajstić information content (AvgIpc) is 2.60. The van der Waals surface area contributed by atoms with Gasteiger partial charge in [-0.05, 0) is 30.3 Å². The molecule has 0 aromatic heterocycles. The van der Waals surface area contributed by atoms with Gasteiger partial charge in [0.25, 0.3) is 21.6 Å². The number of sulfonamides is 1. The van der Waals surface area contributed by atoms with Crippen LogP contribution in [0, 0.1) is 10.1 Å². The lowest BCUT2D eigenvalue weighted by atomic mass is 10.2. The van der Waals surface area contributed by atoms with Gasteiger partial charge in [-0.25, -0.2) is 8.42 Å². The molecule has 0 radical (unpaired) electrons. The molecule has 24 heavy (non-hydrogen) atoms. The highest BCUT2D eigenvalue weighted by Crippen LogP contribution is 2.17. The van der Waals surface area contributed by atoms with Gasteiger partial charge in [0.05, 0.1) is 16.9 Å². The molecule has 2 aromatic rings. The van der Waals surface area contributed by atoms with Crippen molar-refractivity contribution in [1.82, 2.24) is 10.3 Å². The minimum absolute atomic E-state index is 0.206. The van der Waals surface area contributed by atoms with E-state index < -0.39 is 20.9 Å². The number of nitro groups is 1. The van der Waals surface area contributed by atoms with E-state index in [4.69, 9.17) is 4.74 Å². The van der Waals surface area contributed by atoms with E-state index in [2.05, 4.69) is 0 Å². The van der Waals surface area contributed by atoms with Crippen molar-refractivity contribution in [2.45, 2.75) is 4.90 Å². The number of nitrogens with one attached hydrogen (secondary N) is 2. The number of methoxy groups -OCH3 is 1. The zero-order valence-electron chi connectivity index (χ0n) is 12.4. The molecule has 0 saturated carbocycles. The number of carbonyl (C=O) groups is 1. The van der Waals surface area contributed by atoms with Crippen LogP contribution in [0.25, 0.3) is 0 Å². The molecule has 0 aliphatic carbocycles. The summed E-state index contributed by atoms with van der Waals surface area (Å²) in [5, 5.41) is 10.7. The second-order valence-electron chi connectivity index (χ2n) is 4.54. The molecule has 0 fully saturated rings. The first-order valence-electron chi connectivity index (χ1n) is 6.54. The molecule has 0 heterocycles. The summed E-state index contributed by atoms with van der Waals surface area (Å²) in [7, 11) is -2.67. The maximum atomic E-state index is 12.1. The van der Waals surface area contributed by atoms with E-state index >= 15 is 0 Å². The SMILES string of the molecule is COc1ccc(C(=O)NNS(=O)(=O)c2cccc([N+](=O)[O-])c2)cc1. The van der Waals surface area contributed by atoms with Crippen molar-refractivity contribution in [3.63, 3.8) is 0 Å². The van der Waals surface area contributed by atoms with E-state index in [-0.39, 0.29) is 16.1 Å². The zero-order valence-corrected chi connectivity index (χ0v) is 13.2. The summed E-state index contributed by atoms with van der Waals surface area (Å²) in [4.78, 5) is 23.4. The number of carbonyl (C=O) groups excluding carboxylic acids is 1. The second-order valence-corrected chi connectivity index (χ2v) is 6.22. The highest BCUT2D eigenvalue weighted by atomic mass is 32.2. The predicted molar refractivity (Wildman–Crippen MR) is 83.9 cm³/mol. The van der Waals surface area contributed by atoms with Crippen LogP contribution in [0.4, 0.5) is 5.69 Å². The molecule has 2 rings (SSSR count). The van der Waals surface area contributed by atoms with E-state index in [0.29, 0.717) is 5.75 Å². The van der Waals surface area contributed by atoms with Gasteiger partial charge in [0.1, 0.15) is 5.75 Å². The lowest BCUT2D eigenvalue weighted by molar-refractivity contribution is -0.385. The minimum Gasteiger partial charge on any atom is -0.497 e. The van der Waals surface area contributed by atoms with E-state index in [9.17, 15) is 23.3 Å². The Morgan fingerprint density at radius 3 is 2.42 bits per heavy atom. The minimum atomic E-state index is -4.14. The molecule has 0 bridgehead atoms. The molecule has 2 aromatic carbocycles. The van der Waals surface area contributed by atoms with Crippen molar-refractivity contribution < 1.29 is 22.9 Å². The smallest absolute Gasteiger partial charge is 0.270 e. The summed E-state index contributed by atoms with van der Waals surface area (Å²) in [5.41, 5.74) is 1.87. The lowest BCUT2D eigenvalue weighted by Crippen LogP contribution is -2.41. The molecule has 1 amide bonds. The van der Waals surface area contributed by atoms with Crippen LogP contribution in [-0.4, -0.2) is 26.4 Å². The summed E-state index contributed by atoms with van der Waals surface area (Å²) in [6.07, 6.45) is 0. The van der Waals surface area contributed by atoms with E-state index in [1.807, 2.05) is 10.3 Å². The van der Waals surface area contributed by atoms with Gasteiger partial charge >= 0.3 is 0 Å². The number of benzene rings is 2. The Bertz CT molecular complexity index is 864. The van der Waals surface area contributed by atoms with E-state index in [1.165, 1.54) is 31.4 Å². The molecule has 0 aliphatic rings. The molecule has 9 nitrogen and oxygen atoms in total. The average molecular weight is 351 g/mol. The van der Waals surface area contributed by atoms with E-state index in [1.54, 1.807) is 12.1 Å². The lowest BCUT2D eigenvalue weighted by Gasteiger charge is -2.09. The summed E-state index contributed by atoms with van der Waals surface area (Å²) in [6, 6.07) is 10.5. The summed E-state index contributed by atoms with van der Waals surface area (Å²) in [5.74, 6) is -0.143. The van der Waals surface area contributed by atoms with Gasteiger partial charge in [0, 0.05) is 17.7 Å².